The number of fused-ring (bicyclic) bond motifs is 1. The Hall–Kier alpha value is -3.07. The van der Waals surface area contributed by atoms with Gasteiger partial charge in [0, 0.05) is 24.3 Å². The third-order valence-electron chi connectivity index (χ3n) is 5.38. The molecule has 1 aliphatic rings. The molecule has 1 aliphatic heterocycles. The number of pyridine rings is 1. The van der Waals surface area contributed by atoms with Gasteiger partial charge in [-0.2, -0.15) is 5.10 Å². The van der Waals surface area contributed by atoms with Crippen molar-refractivity contribution in [2.75, 3.05) is 18.1 Å². The summed E-state index contributed by atoms with van der Waals surface area (Å²) in [5.74, 6) is -2.32. The number of halogens is 3. The largest absolute Gasteiger partial charge is 0.394 e. The molecule has 1 saturated heterocycles. The SMILES string of the molecule is CC(CO)NC(=O)c1cnn2ccc(N3CCCC3c3cc(F)ccc3F)c(F)c12. The molecule has 2 N–H and O–H groups in total. The van der Waals surface area contributed by atoms with Gasteiger partial charge in [0.25, 0.3) is 5.91 Å². The summed E-state index contributed by atoms with van der Waals surface area (Å²) in [7, 11) is 0. The van der Waals surface area contributed by atoms with Crippen LogP contribution in [-0.2, 0) is 0 Å². The summed E-state index contributed by atoms with van der Waals surface area (Å²) in [6.45, 7) is 1.83. The van der Waals surface area contributed by atoms with Crippen molar-refractivity contribution in [1.82, 2.24) is 14.9 Å². The fourth-order valence-electron chi connectivity index (χ4n) is 3.91. The number of nitrogens with zero attached hydrogens (tertiary/aromatic N) is 3. The topological polar surface area (TPSA) is 69.9 Å². The molecule has 4 rings (SSSR count). The lowest BCUT2D eigenvalue weighted by Crippen LogP contribution is -2.35. The number of aromatic nitrogens is 2. The van der Waals surface area contributed by atoms with E-state index in [1.165, 1.54) is 23.0 Å². The lowest BCUT2D eigenvalue weighted by Gasteiger charge is -2.28. The number of amides is 1. The number of benzene rings is 1. The van der Waals surface area contributed by atoms with E-state index in [1.54, 1.807) is 11.8 Å². The Bertz CT molecular complexity index is 1100. The van der Waals surface area contributed by atoms with Gasteiger partial charge in [-0.25, -0.2) is 17.7 Å². The second-order valence-corrected chi connectivity index (χ2v) is 7.44. The molecule has 1 fully saturated rings. The molecule has 3 heterocycles. The van der Waals surface area contributed by atoms with Crippen molar-refractivity contribution in [2.45, 2.75) is 31.8 Å². The zero-order valence-electron chi connectivity index (χ0n) is 16.3. The summed E-state index contributed by atoms with van der Waals surface area (Å²) in [5, 5.41) is 15.7. The third-order valence-corrected chi connectivity index (χ3v) is 5.38. The maximum absolute atomic E-state index is 15.6. The van der Waals surface area contributed by atoms with Gasteiger partial charge in [-0.05, 0) is 44.0 Å². The fraction of sp³-hybridized carbons (Fsp3) is 0.333. The van der Waals surface area contributed by atoms with Crippen LogP contribution in [0.5, 0.6) is 0 Å². The van der Waals surface area contributed by atoms with Crippen molar-refractivity contribution >= 4 is 17.1 Å². The van der Waals surface area contributed by atoms with Gasteiger partial charge in [0.15, 0.2) is 5.82 Å². The monoisotopic (exact) mass is 418 g/mol. The number of carbonyl (C=O) groups excluding carboxylic acids is 1. The highest BCUT2D eigenvalue weighted by Gasteiger charge is 2.32. The molecule has 158 valence electrons. The lowest BCUT2D eigenvalue weighted by molar-refractivity contribution is 0.0923. The number of aliphatic hydroxyl groups excluding tert-OH is 1. The van der Waals surface area contributed by atoms with Crippen LogP contribution >= 0.6 is 0 Å². The van der Waals surface area contributed by atoms with Gasteiger partial charge in [-0.15, -0.1) is 0 Å². The van der Waals surface area contributed by atoms with Gasteiger partial charge >= 0.3 is 0 Å². The van der Waals surface area contributed by atoms with Crippen molar-refractivity contribution < 1.29 is 23.1 Å². The standard InChI is InChI=1S/C21H21F3N4O2/c1-12(11-29)26-21(30)15-10-25-28-8-6-18(19(24)20(15)28)27-7-2-3-17(27)14-9-13(22)4-5-16(14)23/h4-6,8-10,12,17,29H,2-3,7,11H2,1H3,(H,26,30). The first-order chi connectivity index (χ1) is 14.4. The summed E-state index contributed by atoms with van der Waals surface area (Å²) in [6, 6.07) is 3.76. The van der Waals surface area contributed by atoms with Crippen LogP contribution in [0.15, 0.2) is 36.7 Å². The number of carbonyl (C=O) groups is 1. The van der Waals surface area contributed by atoms with Crippen LogP contribution in [0, 0.1) is 17.5 Å². The van der Waals surface area contributed by atoms with E-state index >= 15 is 4.39 Å². The van der Waals surface area contributed by atoms with E-state index in [0.717, 1.165) is 18.2 Å². The molecule has 1 amide bonds. The highest BCUT2D eigenvalue weighted by Crippen LogP contribution is 2.39. The Morgan fingerprint density at radius 3 is 2.90 bits per heavy atom. The zero-order valence-corrected chi connectivity index (χ0v) is 16.3. The van der Waals surface area contributed by atoms with Gasteiger partial charge in [-0.3, -0.25) is 4.79 Å². The van der Waals surface area contributed by atoms with Crippen LogP contribution in [0.1, 0.15) is 41.7 Å². The van der Waals surface area contributed by atoms with E-state index in [0.29, 0.717) is 19.4 Å². The van der Waals surface area contributed by atoms with Crippen molar-refractivity contribution in [3.05, 3.63) is 65.2 Å². The molecular weight excluding hydrogens is 397 g/mol. The third kappa shape index (κ3) is 3.49. The predicted octanol–water partition coefficient (Wildman–Crippen LogP) is 3.20. The molecule has 0 spiro atoms. The highest BCUT2D eigenvalue weighted by molar-refractivity contribution is 6.01. The van der Waals surface area contributed by atoms with E-state index in [1.807, 2.05) is 0 Å². The van der Waals surface area contributed by atoms with E-state index < -0.39 is 35.4 Å². The average molecular weight is 418 g/mol. The highest BCUT2D eigenvalue weighted by atomic mass is 19.1. The second kappa shape index (κ2) is 7.98. The zero-order chi connectivity index (χ0) is 21.4. The molecule has 6 nitrogen and oxygen atoms in total. The van der Waals surface area contributed by atoms with Crippen LogP contribution in [0.25, 0.3) is 5.52 Å². The summed E-state index contributed by atoms with van der Waals surface area (Å²) >= 11 is 0. The van der Waals surface area contributed by atoms with Crippen LogP contribution in [-0.4, -0.2) is 39.8 Å². The molecular formula is C21H21F3N4O2. The number of rotatable bonds is 5. The Labute approximate surface area is 170 Å². The van der Waals surface area contributed by atoms with Gasteiger partial charge in [-0.1, -0.05) is 0 Å². The number of hydrogen-bond donors (Lipinski definition) is 2. The number of aliphatic hydroxyl groups is 1. The molecule has 0 saturated carbocycles. The number of anilines is 1. The van der Waals surface area contributed by atoms with Crippen molar-refractivity contribution in [2.24, 2.45) is 0 Å². The van der Waals surface area contributed by atoms with E-state index in [4.69, 9.17) is 5.11 Å². The van der Waals surface area contributed by atoms with Crippen molar-refractivity contribution in [3.63, 3.8) is 0 Å². The van der Waals surface area contributed by atoms with Crippen LogP contribution in [0.2, 0.25) is 0 Å². The molecule has 2 aromatic heterocycles. The molecule has 0 radical (unpaired) electrons. The second-order valence-electron chi connectivity index (χ2n) is 7.44. The summed E-state index contributed by atoms with van der Waals surface area (Å²) < 4.78 is 44.9. The molecule has 0 aliphatic carbocycles. The van der Waals surface area contributed by atoms with Gasteiger partial charge in [0.05, 0.1) is 30.1 Å². The van der Waals surface area contributed by atoms with Crippen molar-refractivity contribution in [1.29, 1.82) is 0 Å². The number of hydrogen-bond acceptors (Lipinski definition) is 4. The molecule has 1 aromatic carbocycles. The smallest absolute Gasteiger partial charge is 0.255 e. The van der Waals surface area contributed by atoms with Gasteiger partial charge < -0.3 is 15.3 Å². The minimum absolute atomic E-state index is 0.0134. The Morgan fingerprint density at radius 2 is 2.13 bits per heavy atom. The summed E-state index contributed by atoms with van der Waals surface area (Å²) in [6.07, 6.45) is 4.02. The maximum Gasteiger partial charge on any atom is 0.255 e. The summed E-state index contributed by atoms with van der Waals surface area (Å²) in [5.41, 5.74) is 0.385. The molecule has 9 heteroatoms. The lowest BCUT2D eigenvalue weighted by atomic mass is 10.0. The predicted molar refractivity (Wildman–Crippen MR) is 105 cm³/mol. The van der Waals surface area contributed by atoms with Crippen LogP contribution in [0.4, 0.5) is 18.9 Å². The molecule has 2 atom stereocenters. The minimum Gasteiger partial charge on any atom is -0.394 e. The van der Waals surface area contributed by atoms with E-state index in [9.17, 15) is 13.6 Å². The quantitative estimate of drug-likeness (QED) is 0.668. The van der Waals surface area contributed by atoms with Gasteiger partial charge in [0.1, 0.15) is 17.2 Å². The van der Waals surface area contributed by atoms with E-state index in [2.05, 4.69) is 10.4 Å². The maximum atomic E-state index is 15.6. The van der Waals surface area contributed by atoms with Crippen LogP contribution < -0.4 is 10.2 Å². The first kappa shape index (κ1) is 20.2. The van der Waals surface area contributed by atoms with E-state index in [-0.39, 0.29) is 28.9 Å². The molecule has 30 heavy (non-hydrogen) atoms. The Kier molecular flexibility index (Phi) is 5.38. The molecule has 0 bridgehead atoms. The molecule has 3 aromatic rings. The van der Waals surface area contributed by atoms with Gasteiger partial charge in [0.2, 0.25) is 0 Å². The Morgan fingerprint density at radius 1 is 1.33 bits per heavy atom. The van der Waals surface area contributed by atoms with Crippen molar-refractivity contribution in [3.8, 4) is 0 Å². The van der Waals surface area contributed by atoms with Crippen LogP contribution in [0.3, 0.4) is 0 Å². The average Bonchev–Trinajstić information content (AvgIpc) is 3.37. The first-order valence-electron chi connectivity index (χ1n) is 9.70. The summed E-state index contributed by atoms with van der Waals surface area (Å²) in [4.78, 5) is 14.2. The normalized spacial score (nSPS) is 17.5. The first-order valence-corrected chi connectivity index (χ1v) is 9.70. The molecule has 2 unspecified atom stereocenters. The fourth-order valence-corrected chi connectivity index (χ4v) is 3.91. The number of nitrogens with one attached hydrogen (secondary N) is 1. The Balaban J connectivity index is 1.75. The minimum atomic E-state index is -0.666.